The maximum Gasteiger partial charge on any atom is 0.234 e. The van der Waals surface area contributed by atoms with Gasteiger partial charge in [0.1, 0.15) is 5.82 Å². The van der Waals surface area contributed by atoms with Crippen molar-refractivity contribution in [2.75, 3.05) is 17.3 Å². The predicted molar refractivity (Wildman–Crippen MR) is 139 cm³/mol. The van der Waals surface area contributed by atoms with Crippen LogP contribution in [0.15, 0.2) is 70.2 Å². The van der Waals surface area contributed by atoms with Gasteiger partial charge in [-0.2, -0.15) is 0 Å². The van der Waals surface area contributed by atoms with Gasteiger partial charge >= 0.3 is 0 Å². The van der Waals surface area contributed by atoms with Crippen LogP contribution in [0.25, 0.3) is 21.0 Å². The zero-order chi connectivity index (χ0) is 22.8. The third kappa shape index (κ3) is 4.75. The first-order valence-corrected chi connectivity index (χ1v) is 13.4. The van der Waals surface area contributed by atoms with Crippen LogP contribution in [0, 0.1) is 0 Å². The molecule has 0 saturated carbocycles. The Morgan fingerprint density at radius 2 is 1.94 bits per heavy atom. The normalized spacial score (nSPS) is 11.3. The lowest BCUT2D eigenvalue weighted by Gasteiger charge is -2.07. The van der Waals surface area contributed by atoms with E-state index in [1.54, 1.807) is 23.1 Å². The van der Waals surface area contributed by atoms with Gasteiger partial charge in [-0.1, -0.05) is 66.0 Å². The Kier molecular flexibility index (Phi) is 6.34. The molecule has 0 spiro atoms. The lowest BCUT2D eigenvalue weighted by Crippen LogP contribution is -2.14. The highest BCUT2D eigenvalue weighted by Gasteiger charge is 2.14. The number of carbonyl (C=O) groups excluding carboxylic acids is 1. The molecule has 0 aliphatic carbocycles. The Labute approximate surface area is 203 Å². The third-order valence-electron chi connectivity index (χ3n) is 5.31. The Balaban J connectivity index is 1.24. The first-order valence-electron chi connectivity index (χ1n) is 10.3. The number of carbonyl (C=O) groups is 1. The smallest absolute Gasteiger partial charge is 0.234 e. The molecular formula is C24H21N5OS3. The van der Waals surface area contributed by atoms with Crippen molar-refractivity contribution in [3.8, 4) is 0 Å². The number of anilines is 1. The van der Waals surface area contributed by atoms with E-state index >= 15 is 0 Å². The van der Waals surface area contributed by atoms with Gasteiger partial charge in [-0.15, -0.1) is 21.5 Å². The number of fused-ring (bicyclic) bond motifs is 2. The quantitative estimate of drug-likeness (QED) is 0.298. The van der Waals surface area contributed by atoms with Crippen LogP contribution in [0.2, 0.25) is 0 Å². The van der Waals surface area contributed by atoms with Crippen molar-refractivity contribution >= 4 is 67.4 Å². The fourth-order valence-electron chi connectivity index (χ4n) is 3.64. The Morgan fingerprint density at radius 3 is 2.82 bits per heavy atom. The fraction of sp³-hybridized carbons (Fsp3) is 0.167. The van der Waals surface area contributed by atoms with E-state index in [0.717, 1.165) is 31.2 Å². The van der Waals surface area contributed by atoms with Crippen molar-refractivity contribution in [3.05, 3.63) is 72.1 Å². The summed E-state index contributed by atoms with van der Waals surface area (Å²) in [5, 5.41) is 14.8. The van der Waals surface area contributed by atoms with Gasteiger partial charge < -0.3 is 9.88 Å². The minimum Gasteiger partial charge on any atom is -0.325 e. The summed E-state index contributed by atoms with van der Waals surface area (Å²) in [5.74, 6) is 1.05. The maximum absolute atomic E-state index is 12.5. The number of hydrogen-bond donors (Lipinski definition) is 1. The van der Waals surface area contributed by atoms with E-state index < -0.39 is 0 Å². The highest BCUT2D eigenvalue weighted by Crippen LogP contribution is 2.30. The molecule has 2 aromatic heterocycles. The lowest BCUT2D eigenvalue weighted by atomic mass is 10.0. The van der Waals surface area contributed by atoms with Crippen LogP contribution in [-0.4, -0.2) is 37.7 Å². The summed E-state index contributed by atoms with van der Waals surface area (Å²) in [5.41, 5.74) is 2.94. The van der Waals surface area contributed by atoms with Crippen molar-refractivity contribution < 1.29 is 4.79 Å². The number of thioether (sulfide) groups is 2. The first-order chi connectivity index (χ1) is 16.1. The Bertz CT molecular complexity index is 1450. The van der Waals surface area contributed by atoms with E-state index in [4.69, 9.17) is 0 Å². The summed E-state index contributed by atoms with van der Waals surface area (Å²) in [7, 11) is 1.95. The zero-order valence-corrected chi connectivity index (χ0v) is 20.6. The molecule has 0 radical (unpaired) electrons. The number of nitrogens with one attached hydrogen (secondary N) is 1. The van der Waals surface area contributed by atoms with Gasteiger partial charge in [0.25, 0.3) is 0 Å². The number of nitrogens with zero attached hydrogens (tertiary/aromatic N) is 4. The number of thiazole rings is 1. The molecule has 33 heavy (non-hydrogen) atoms. The molecule has 5 rings (SSSR count). The van der Waals surface area contributed by atoms with Crippen LogP contribution >= 0.6 is 34.9 Å². The highest BCUT2D eigenvalue weighted by atomic mass is 32.2. The molecule has 0 aliphatic rings. The number of aromatic nitrogens is 4. The van der Waals surface area contributed by atoms with E-state index in [1.165, 1.54) is 28.1 Å². The van der Waals surface area contributed by atoms with Crippen LogP contribution in [0.1, 0.15) is 11.4 Å². The van der Waals surface area contributed by atoms with Crippen molar-refractivity contribution in [1.82, 2.24) is 19.7 Å². The van der Waals surface area contributed by atoms with Gasteiger partial charge in [-0.3, -0.25) is 4.79 Å². The zero-order valence-electron chi connectivity index (χ0n) is 18.1. The van der Waals surface area contributed by atoms with Gasteiger partial charge in [-0.25, -0.2) is 4.98 Å². The predicted octanol–water partition coefficient (Wildman–Crippen LogP) is 5.62. The van der Waals surface area contributed by atoms with Gasteiger partial charge in [0, 0.05) is 19.2 Å². The minimum absolute atomic E-state index is 0.0763. The average Bonchev–Trinajstić information content (AvgIpc) is 3.40. The van der Waals surface area contributed by atoms with Gasteiger partial charge in [0.2, 0.25) is 5.91 Å². The molecule has 6 nitrogen and oxygen atoms in total. The minimum atomic E-state index is -0.0763. The van der Waals surface area contributed by atoms with Crippen LogP contribution in [-0.2, 0) is 18.3 Å². The van der Waals surface area contributed by atoms with Gasteiger partial charge in [-0.05, 0) is 40.8 Å². The standard InChI is InChI=1S/C24H21N5OS3/c1-29-21(12-16-8-5-7-15-6-3-4-9-18(15)16)27-28-23(29)32-14-22(30)25-17-10-11-19-20(13-17)33-24(26-19)31-2/h3-11,13H,12,14H2,1-2H3,(H,25,30). The van der Waals surface area contributed by atoms with E-state index in [9.17, 15) is 4.79 Å². The molecule has 3 aromatic carbocycles. The first kappa shape index (κ1) is 21.9. The molecule has 0 unspecified atom stereocenters. The second-order valence-corrected chi connectivity index (χ2v) is 10.5. The van der Waals surface area contributed by atoms with Crippen molar-refractivity contribution in [2.24, 2.45) is 7.05 Å². The molecule has 0 aliphatic heterocycles. The van der Waals surface area contributed by atoms with E-state index in [1.807, 2.05) is 42.1 Å². The summed E-state index contributed by atoms with van der Waals surface area (Å²) in [6, 6.07) is 20.5. The molecule has 0 bridgehead atoms. The molecule has 0 saturated heterocycles. The van der Waals surface area contributed by atoms with Crippen LogP contribution < -0.4 is 5.32 Å². The Hall–Kier alpha value is -2.88. The third-order valence-corrected chi connectivity index (χ3v) is 8.34. The van der Waals surface area contributed by atoms with E-state index in [-0.39, 0.29) is 11.7 Å². The van der Waals surface area contributed by atoms with Crippen molar-refractivity contribution in [3.63, 3.8) is 0 Å². The van der Waals surface area contributed by atoms with Crippen LogP contribution in [0.4, 0.5) is 5.69 Å². The van der Waals surface area contributed by atoms with E-state index in [0.29, 0.717) is 6.42 Å². The molecule has 1 amide bonds. The summed E-state index contributed by atoms with van der Waals surface area (Å²) >= 11 is 4.64. The number of amides is 1. The molecule has 1 N–H and O–H groups in total. The number of rotatable bonds is 7. The molecule has 2 heterocycles. The molecule has 0 fully saturated rings. The largest absolute Gasteiger partial charge is 0.325 e. The summed E-state index contributed by atoms with van der Waals surface area (Å²) in [4.78, 5) is 17.1. The summed E-state index contributed by atoms with van der Waals surface area (Å²) < 4.78 is 4.05. The topological polar surface area (TPSA) is 72.7 Å². The molecule has 0 atom stereocenters. The molecule has 166 valence electrons. The maximum atomic E-state index is 12.5. The SMILES string of the molecule is CSc1nc2ccc(NC(=O)CSc3nnc(Cc4cccc5ccccc45)n3C)cc2s1. The molecule has 9 heteroatoms. The van der Waals surface area contributed by atoms with E-state index in [2.05, 4.69) is 56.9 Å². The second kappa shape index (κ2) is 9.54. The monoisotopic (exact) mass is 491 g/mol. The van der Waals surface area contributed by atoms with Gasteiger partial charge in [0.15, 0.2) is 9.50 Å². The lowest BCUT2D eigenvalue weighted by molar-refractivity contribution is -0.113. The summed E-state index contributed by atoms with van der Waals surface area (Å²) in [6.07, 6.45) is 2.70. The number of benzene rings is 3. The summed E-state index contributed by atoms with van der Waals surface area (Å²) in [6.45, 7) is 0. The average molecular weight is 492 g/mol. The highest BCUT2D eigenvalue weighted by molar-refractivity contribution is 8.00. The number of hydrogen-bond acceptors (Lipinski definition) is 7. The Morgan fingerprint density at radius 1 is 1.09 bits per heavy atom. The van der Waals surface area contributed by atoms with Crippen molar-refractivity contribution in [1.29, 1.82) is 0 Å². The van der Waals surface area contributed by atoms with Crippen molar-refractivity contribution in [2.45, 2.75) is 15.9 Å². The molecular weight excluding hydrogens is 470 g/mol. The van der Waals surface area contributed by atoms with Crippen LogP contribution in [0.3, 0.4) is 0 Å². The van der Waals surface area contributed by atoms with Crippen LogP contribution in [0.5, 0.6) is 0 Å². The van der Waals surface area contributed by atoms with Gasteiger partial charge in [0.05, 0.1) is 16.0 Å². The second-order valence-electron chi connectivity index (χ2n) is 7.48. The molecule has 5 aromatic rings. The fourth-order valence-corrected chi connectivity index (χ4v) is 5.90.